The van der Waals surface area contributed by atoms with Gasteiger partial charge < -0.3 is 19.0 Å². The summed E-state index contributed by atoms with van der Waals surface area (Å²) in [6.07, 6.45) is 5.29. The molecule has 1 fully saturated rings. The minimum absolute atomic E-state index is 0.0161. The Bertz CT molecular complexity index is 1770. The lowest BCUT2D eigenvalue weighted by Gasteiger charge is -2.32. The molecule has 3 aromatic heterocycles. The van der Waals surface area contributed by atoms with Crippen LogP contribution >= 0.6 is 11.6 Å². The SMILES string of the molecule is CC(C)COC(=O)N1CC=C(c2cc(Cl)cc(-c3nnc(CC(=O)N4CCC(n5c(=O)[nH]c6ncccc65)CC4)o3)c2)CC1. The number of aromatic nitrogens is 5. The summed E-state index contributed by atoms with van der Waals surface area (Å²) in [5, 5.41) is 8.82. The maximum absolute atomic E-state index is 13.1. The second kappa shape index (κ2) is 12.7. The van der Waals surface area contributed by atoms with Gasteiger partial charge in [0.05, 0.1) is 12.1 Å². The van der Waals surface area contributed by atoms with Crippen LogP contribution in [0.25, 0.3) is 28.2 Å². The number of H-pyrrole nitrogens is 1. The number of aromatic amines is 1. The minimum atomic E-state index is -0.305. The third kappa shape index (κ3) is 6.40. The number of nitrogens with zero attached hydrogens (tertiary/aromatic N) is 6. The second-order valence-electron chi connectivity index (χ2n) is 11.6. The van der Waals surface area contributed by atoms with E-state index in [-0.39, 0.29) is 47.9 Å². The molecular formula is C31H34ClN7O5. The molecule has 0 bridgehead atoms. The molecule has 13 heteroatoms. The Balaban J connectivity index is 1.07. The number of halogens is 1. The van der Waals surface area contributed by atoms with Gasteiger partial charge in [-0.15, -0.1) is 10.2 Å². The summed E-state index contributed by atoms with van der Waals surface area (Å²) in [6.45, 7) is 6.43. The fraction of sp³-hybridized carbons (Fsp3) is 0.419. The quantitative estimate of drug-likeness (QED) is 0.314. The Morgan fingerprint density at radius 3 is 2.66 bits per heavy atom. The Labute approximate surface area is 258 Å². The van der Waals surface area contributed by atoms with Gasteiger partial charge in [0.15, 0.2) is 5.65 Å². The van der Waals surface area contributed by atoms with Crippen LogP contribution in [0.1, 0.15) is 50.6 Å². The number of hydrogen-bond donors (Lipinski definition) is 1. The van der Waals surface area contributed by atoms with Crippen molar-refractivity contribution in [3.8, 4) is 11.5 Å². The number of carbonyl (C=O) groups excluding carboxylic acids is 2. The van der Waals surface area contributed by atoms with Gasteiger partial charge in [0.25, 0.3) is 0 Å². The molecule has 1 saturated heterocycles. The van der Waals surface area contributed by atoms with Gasteiger partial charge in [0.1, 0.15) is 6.42 Å². The summed E-state index contributed by atoms with van der Waals surface area (Å²) >= 11 is 6.46. The number of likely N-dealkylation sites (tertiary alicyclic amines) is 1. The molecule has 44 heavy (non-hydrogen) atoms. The normalized spacial score (nSPS) is 16.0. The van der Waals surface area contributed by atoms with Gasteiger partial charge in [-0.3, -0.25) is 14.3 Å². The molecule has 6 rings (SSSR count). The van der Waals surface area contributed by atoms with Crippen LogP contribution in [-0.4, -0.2) is 79.3 Å². The zero-order chi connectivity index (χ0) is 30.8. The molecule has 2 aliphatic rings. The van der Waals surface area contributed by atoms with E-state index in [1.54, 1.807) is 26.6 Å². The van der Waals surface area contributed by atoms with Crippen molar-refractivity contribution in [1.82, 2.24) is 34.5 Å². The van der Waals surface area contributed by atoms with Crippen molar-refractivity contribution < 1.29 is 18.7 Å². The Morgan fingerprint density at radius 1 is 1.11 bits per heavy atom. The standard InChI is InChI=1S/C31H34ClN7O5/c1-19(2)18-43-31(42)38-10-5-20(6-11-38)21-14-22(16-23(32)15-21)29-36-35-26(44-29)17-27(40)37-12-7-24(8-13-37)39-25-4-3-9-33-28(25)34-30(39)41/h3-5,9,14-16,19,24H,6-8,10-13,17-18H2,1-2H3,(H,33,34,41). The minimum Gasteiger partial charge on any atom is -0.449 e. The first-order valence-corrected chi connectivity index (χ1v) is 15.2. The molecule has 0 spiro atoms. The first-order chi connectivity index (χ1) is 21.2. The van der Waals surface area contributed by atoms with Gasteiger partial charge in [-0.2, -0.15) is 0 Å². The number of rotatable bonds is 7. The molecule has 0 atom stereocenters. The maximum atomic E-state index is 13.1. The molecule has 4 aromatic rings. The van der Waals surface area contributed by atoms with Gasteiger partial charge in [-0.1, -0.05) is 31.5 Å². The van der Waals surface area contributed by atoms with Crippen LogP contribution in [-0.2, 0) is 16.0 Å². The van der Waals surface area contributed by atoms with E-state index in [1.807, 2.05) is 44.2 Å². The summed E-state index contributed by atoms with van der Waals surface area (Å²) in [5.41, 5.74) is 3.77. The molecule has 2 aliphatic heterocycles. The first-order valence-electron chi connectivity index (χ1n) is 14.8. The van der Waals surface area contributed by atoms with Crippen molar-refractivity contribution in [2.24, 2.45) is 5.92 Å². The number of ether oxygens (including phenoxy) is 1. The molecule has 0 saturated carbocycles. The Morgan fingerprint density at radius 2 is 1.91 bits per heavy atom. The molecule has 12 nitrogen and oxygen atoms in total. The van der Waals surface area contributed by atoms with Crippen LogP contribution in [0, 0.1) is 5.92 Å². The van der Waals surface area contributed by atoms with E-state index in [4.69, 9.17) is 20.8 Å². The number of nitrogens with one attached hydrogen (secondary N) is 1. The number of fused-ring (bicyclic) bond motifs is 1. The number of pyridine rings is 1. The van der Waals surface area contributed by atoms with Crippen LogP contribution < -0.4 is 5.69 Å². The molecule has 0 aliphatic carbocycles. The molecular weight excluding hydrogens is 586 g/mol. The monoisotopic (exact) mass is 619 g/mol. The van der Waals surface area contributed by atoms with Gasteiger partial charge in [-0.05, 0) is 66.6 Å². The van der Waals surface area contributed by atoms with E-state index >= 15 is 0 Å². The van der Waals surface area contributed by atoms with Gasteiger partial charge >= 0.3 is 11.8 Å². The third-order valence-electron chi connectivity index (χ3n) is 7.96. The zero-order valence-corrected chi connectivity index (χ0v) is 25.4. The van der Waals surface area contributed by atoms with E-state index in [9.17, 15) is 14.4 Å². The van der Waals surface area contributed by atoms with Crippen molar-refractivity contribution in [3.05, 3.63) is 69.6 Å². The summed E-state index contributed by atoms with van der Waals surface area (Å²) in [7, 11) is 0. The highest BCUT2D eigenvalue weighted by Gasteiger charge is 2.27. The summed E-state index contributed by atoms with van der Waals surface area (Å²) in [4.78, 5) is 48.5. The topological polar surface area (TPSA) is 139 Å². The van der Waals surface area contributed by atoms with Crippen molar-refractivity contribution in [1.29, 1.82) is 0 Å². The number of amides is 2. The molecule has 0 unspecified atom stereocenters. The lowest BCUT2D eigenvalue weighted by atomic mass is 9.98. The third-order valence-corrected chi connectivity index (χ3v) is 8.18. The van der Waals surface area contributed by atoms with Crippen LogP contribution in [0.4, 0.5) is 4.79 Å². The maximum Gasteiger partial charge on any atom is 0.410 e. The van der Waals surface area contributed by atoms with Gasteiger partial charge in [0.2, 0.25) is 17.7 Å². The summed E-state index contributed by atoms with van der Waals surface area (Å²) in [6, 6.07) is 9.21. The average Bonchev–Trinajstić information content (AvgIpc) is 3.63. The highest BCUT2D eigenvalue weighted by atomic mass is 35.5. The van der Waals surface area contributed by atoms with E-state index in [0.717, 1.165) is 16.7 Å². The number of imidazole rings is 1. The summed E-state index contributed by atoms with van der Waals surface area (Å²) in [5.74, 6) is 0.670. The molecule has 0 radical (unpaired) electrons. The average molecular weight is 620 g/mol. The molecule has 5 heterocycles. The lowest BCUT2D eigenvalue weighted by Crippen LogP contribution is -2.41. The van der Waals surface area contributed by atoms with Crippen LogP contribution in [0.3, 0.4) is 0 Å². The highest BCUT2D eigenvalue weighted by Crippen LogP contribution is 2.31. The van der Waals surface area contributed by atoms with Crippen LogP contribution in [0.5, 0.6) is 0 Å². The first kappa shape index (κ1) is 29.6. The van der Waals surface area contributed by atoms with Crippen molar-refractivity contribution in [3.63, 3.8) is 0 Å². The number of benzene rings is 1. The lowest BCUT2D eigenvalue weighted by molar-refractivity contribution is -0.132. The fourth-order valence-corrected chi connectivity index (χ4v) is 5.94. The zero-order valence-electron chi connectivity index (χ0n) is 24.7. The van der Waals surface area contributed by atoms with E-state index in [1.165, 1.54) is 0 Å². The molecule has 1 N–H and O–H groups in total. The fourth-order valence-electron chi connectivity index (χ4n) is 5.70. The van der Waals surface area contributed by atoms with E-state index in [0.29, 0.717) is 68.3 Å². The number of carbonyl (C=O) groups is 2. The van der Waals surface area contributed by atoms with Crippen molar-refractivity contribution >= 4 is 40.3 Å². The van der Waals surface area contributed by atoms with Crippen molar-refractivity contribution in [2.45, 2.75) is 45.6 Å². The van der Waals surface area contributed by atoms with E-state index in [2.05, 4.69) is 20.2 Å². The van der Waals surface area contributed by atoms with E-state index < -0.39 is 0 Å². The number of piperidine rings is 1. The molecule has 2 amide bonds. The van der Waals surface area contributed by atoms with Gasteiger partial charge in [0, 0.05) is 49.0 Å². The summed E-state index contributed by atoms with van der Waals surface area (Å²) < 4.78 is 13.0. The molecule has 1 aromatic carbocycles. The smallest absolute Gasteiger partial charge is 0.410 e. The molecule has 230 valence electrons. The second-order valence-corrected chi connectivity index (χ2v) is 12.0. The van der Waals surface area contributed by atoms with Crippen molar-refractivity contribution in [2.75, 3.05) is 32.8 Å². The Hall–Kier alpha value is -4.45. The largest absolute Gasteiger partial charge is 0.449 e. The number of hydrogen-bond acceptors (Lipinski definition) is 8. The predicted octanol–water partition coefficient (Wildman–Crippen LogP) is 4.72. The predicted molar refractivity (Wildman–Crippen MR) is 164 cm³/mol. The Kier molecular flexibility index (Phi) is 8.51. The van der Waals surface area contributed by atoms with Crippen LogP contribution in [0.15, 0.2) is 51.8 Å². The highest BCUT2D eigenvalue weighted by molar-refractivity contribution is 6.31. The van der Waals surface area contributed by atoms with Crippen LogP contribution in [0.2, 0.25) is 5.02 Å². The van der Waals surface area contributed by atoms with Gasteiger partial charge in [-0.25, -0.2) is 14.6 Å².